The largest absolute Gasteiger partial charge is 0.497 e. The molecule has 0 radical (unpaired) electrons. The molecule has 5 saturated carbocycles. The standard InChI is InChI=1S/C38H53NO5/c1-23(2)30-27(40)20-37(39-32(42)44-21-24-8-10-25(43-7)11-9-24)18-16-33(3)26(31(30)37)12-13-28-34(33,4)17-19-38-22-36(38,6)29(41)14-15-35(28,38)5/h8-11,23,26,28-29,41H,12-22H2,1-7H3,(H,39,42)/t26-,28+,29+,33-,34-,35-,36-,37-,38+/m1/s1. The Bertz CT molecular complexity index is 1420. The number of carbonyl (C=O) groups is 2. The van der Waals surface area contributed by atoms with Crippen molar-refractivity contribution in [2.45, 2.75) is 124 Å². The van der Waals surface area contributed by atoms with Gasteiger partial charge in [-0.25, -0.2) is 4.79 Å². The summed E-state index contributed by atoms with van der Waals surface area (Å²) >= 11 is 0. The number of amides is 1. The van der Waals surface area contributed by atoms with Gasteiger partial charge in [0.2, 0.25) is 0 Å². The number of ether oxygens (including phenoxy) is 2. The number of hydrogen-bond donors (Lipinski definition) is 2. The molecular weight excluding hydrogens is 550 g/mol. The zero-order valence-corrected chi connectivity index (χ0v) is 28.0. The molecule has 6 nitrogen and oxygen atoms in total. The molecule has 0 unspecified atom stereocenters. The smallest absolute Gasteiger partial charge is 0.408 e. The molecule has 0 bridgehead atoms. The number of rotatable bonds is 5. The monoisotopic (exact) mass is 603 g/mol. The van der Waals surface area contributed by atoms with Gasteiger partial charge < -0.3 is 19.9 Å². The summed E-state index contributed by atoms with van der Waals surface area (Å²) in [5.41, 5.74) is 3.19. The van der Waals surface area contributed by atoms with E-state index in [-0.39, 0.29) is 57.4 Å². The van der Waals surface area contributed by atoms with Crippen LogP contribution in [0.25, 0.3) is 0 Å². The third-order valence-electron chi connectivity index (χ3n) is 15.3. The first kappa shape index (κ1) is 30.3. The van der Waals surface area contributed by atoms with E-state index < -0.39 is 11.6 Å². The highest BCUT2D eigenvalue weighted by Crippen LogP contribution is 2.87. The number of alkyl carbamates (subject to hydrolysis) is 1. The van der Waals surface area contributed by atoms with Crippen LogP contribution in [0.5, 0.6) is 5.75 Å². The van der Waals surface area contributed by atoms with Crippen LogP contribution in [0.4, 0.5) is 4.79 Å². The highest BCUT2D eigenvalue weighted by atomic mass is 16.5. The average Bonchev–Trinajstić information content (AvgIpc) is 3.52. The number of allylic oxidation sites excluding steroid dienone is 1. The van der Waals surface area contributed by atoms with Gasteiger partial charge in [0.05, 0.1) is 18.8 Å². The van der Waals surface area contributed by atoms with Crippen molar-refractivity contribution in [3.8, 4) is 5.75 Å². The normalized spacial score (nSPS) is 45.5. The van der Waals surface area contributed by atoms with Gasteiger partial charge in [0.15, 0.2) is 5.78 Å². The van der Waals surface area contributed by atoms with Gasteiger partial charge in [-0.05, 0) is 126 Å². The van der Waals surface area contributed by atoms with Crippen molar-refractivity contribution < 1.29 is 24.2 Å². The van der Waals surface area contributed by atoms with E-state index in [2.05, 4.69) is 46.9 Å². The zero-order chi connectivity index (χ0) is 31.5. The Kier molecular flexibility index (Phi) is 6.61. The first-order valence-corrected chi connectivity index (χ1v) is 17.2. The minimum atomic E-state index is -0.662. The summed E-state index contributed by atoms with van der Waals surface area (Å²) in [7, 11) is 1.63. The van der Waals surface area contributed by atoms with Crippen molar-refractivity contribution in [3.05, 3.63) is 41.0 Å². The van der Waals surface area contributed by atoms with E-state index in [0.29, 0.717) is 12.3 Å². The van der Waals surface area contributed by atoms with Crippen LogP contribution in [0.15, 0.2) is 35.4 Å². The van der Waals surface area contributed by atoms with E-state index >= 15 is 0 Å². The van der Waals surface area contributed by atoms with Gasteiger partial charge >= 0.3 is 6.09 Å². The molecule has 1 aromatic carbocycles. The Morgan fingerprint density at radius 3 is 2.32 bits per heavy atom. The van der Waals surface area contributed by atoms with Gasteiger partial charge in [-0.2, -0.15) is 0 Å². The van der Waals surface area contributed by atoms with E-state index in [1.54, 1.807) is 7.11 Å². The number of nitrogens with one attached hydrogen (secondary N) is 1. The lowest BCUT2D eigenvalue weighted by molar-refractivity contribution is -0.212. The van der Waals surface area contributed by atoms with E-state index in [1.165, 1.54) is 24.8 Å². The minimum Gasteiger partial charge on any atom is -0.497 e. The Balaban J connectivity index is 1.19. The Morgan fingerprint density at radius 2 is 1.64 bits per heavy atom. The van der Waals surface area contributed by atoms with Gasteiger partial charge in [0, 0.05) is 11.8 Å². The van der Waals surface area contributed by atoms with E-state index in [9.17, 15) is 14.7 Å². The molecular formula is C38H53NO5. The summed E-state index contributed by atoms with van der Waals surface area (Å²) in [6.07, 6.45) is 9.32. The Morgan fingerprint density at radius 1 is 0.932 bits per heavy atom. The molecule has 6 aliphatic rings. The van der Waals surface area contributed by atoms with Gasteiger partial charge in [0.1, 0.15) is 12.4 Å². The summed E-state index contributed by atoms with van der Waals surface area (Å²) in [4.78, 5) is 27.3. The predicted molar refractivity (Wildman–Crippen MR) is 170 cm³/mol. The van der Waals surface area contributed by atoms with Gasteiger partial charge in [-0.15, -0.1) is 0 Å². The zero-order valence-electron chi connectivity index (χ0n) is 28.0. The SMILES string of the molecule is COc1ccc(COC(=O)N[C@@]23CC[C@]4(C)[C@H](CC[C@@H]5[C@@]6(C)CC[C@H](O)[C@@]7(C)C[C@@]67CC[C@]54C)C2=C(C(C)C)C(=O)C3)cc1. The number of ketones is 1. The molecule has 1 aromatic rings. The molecule has 2 N–H and O–H groups in total. The molecule has 1 amide bonds. The van der Waals surface area contributed by atoms with Crippen molar-refractivity contribution in [1.29, 1.82) is 0 Å². The number of aliphatic hydroxyl groups excluding tert-OH is 1. The van der Waals surface area contributed by atoms with Gasteiger partial charge in [0.25, 0.3) is 0 Å². The Hall–Kier alpha value is -2.34. The molecule has 1 spiro atoms. The molecule has 6 aliphatic carbocycles. The third-order valence-corrected chi connectivity index (χ3v) is 15.3. The number of fused-ring (bicyclic) bond motifs is 6. The van der Waals surface area contributed by atoms with Crippen molar-refractivity contribution >= 4 is 11.9 Å². The molecule has 7 rings (SSSR count). The summed E-state index contributed by atoms with van der Waals surface area (Å²) in [5.74, 6) is 1.95. The van der Waals surface area contributed by atoms with Crippen LogP contribution in [0.1, 0.15) is 111 Å². The Labute approximate surface area is 263 Å². The van der Waals surface area contributed by atoms with Crippen LogP contribution in [0.2, 0.25) is 0 Å². The second-order valence-electron chi connectivity index (χ2n) is 16.9. The van der Waals surface area contributed by atoms with Gasteiger partial charge in [-0.3, -0.25) is 4.79 Å². The fourth-order valence-corrected chi connectivity index (χ4v) is 12.7. The van der Waals surface area contributed by atoms with Crippen molar-refractivity contribution in [2.75, 3.05) is 7.11 Å². The molecule has 0 aromatic heterocycles. The van der Waals surface area contributed by atoms with Crippen LogP contribution < -0.4 is 10.1 Å². The van der Waals surface area contributed by atoms with Crippen LogP contribution in [-0.2, 0) is 16.1 Å². The van der Waals surface area contributed by atoms with E-state index in [4.69, 9.17) is 9.47 Å². The second-order valence-corrected chi connectivity index (χ2v) is 16.9. The number of methoxy groups -OCH3 is 1. The number of hydrogen-bond acceptors (Lipinski definition) is 5. The first-order chi connectivity index (χ1) is 20.7. The van der Waals surface area contributed by atoms with Crippen LogP contribution in [-0.4, -0.2) is 35.7 Å². The maximum absolute atomic E-state index is 13.8. The fourth-order valence-electron chi connectivity index (χ4n) is 12.7. The maximum Gasteiger partial charge on any atom is 0.408 e. The van der Waals surface area contributed by atoms with Crippen LogP contribution >= 0.6 is 0 Å². The van der Waals surface area contributed by atoms with E-state index in [1.807, 2.05) is 24.3 Å². The first-order valence-electron chi connectivity index (χ1n) is 17.2. The molecule has 0 aliphatic heterocycles. The molecule has 9 atom stereocenters. The molecule has 6 heteroatoms. The number of aliphatic hydroxyl groups is 1. The molecule has 0 heterocycles. The highest BCUT2D eigenvalue weighted by molar-refractivity contribution is 6.02. The fraction of sp³-hybridized carbons (Fsp3) is 0.737. The highest BCUT2D eigenvalue weighted by Gasteiger charge is 2.81. The van der Waals surface area contributed by atoms with Crippen LogP contribution in [0.3, 0.4) is 0 Å². The van der Waals surface area contributed by atoms with E-state index in [0.717, 1.165) is 55.4 Å². The summed E-state index contributed by atoms with van der Waals surface area (Å²) < 4.78 is 11.0. The topological polar surface area (TPSA) is 84.9 Å². The number of Topliss-reactive ketones (excluding diaryl/α,β-unsaturated/α-hetero) is 1. The summed E-state index contributed by atoms with van der Waals surface area (Å²) in [6, 6.07) is 7.55. The predicted octanol–water partition coefficient (Wildman–Crippen LogP) is 7.77. The van der Waals surface area contributed by atoms with Crippen LogP contribution in [0, 0.1) is 44.8 Å². The lowest BCUT2D eigenvalue weighted by Gasteiger charge is -2.71. The third kappa shape index (κ3) is 3.69. The van der Waals surface area contributed by atoms with Crippen molar-refractivity contribution in [1.82, 2.24) is 5.32 Å². The molecule has 0 saturated heterocycles. The van der Waals surface area contributed by atoms with Gasteiger partial charge in [-0.1, -0.05) is 53.7 Å². The number of carbonyl (C=O) groups excluding carboxylic acids is 2. The quantitative estimate of drug-likeness (QED) is 0.359. The minimum absolute atomic E-state index is 0.0418. The number of benzene rings is 1. The summed E-state index contributed by atoms with van der Waals surface area (Å²) in [6.45, 7) is 14.5. The van der Waals surface area contributed by atoms with Crippen molar-refractivity contribution in [3.63, 3.8) is 0 Å². The second kappa shape index (κ2) is 9.59. The average molecular weight is 604 g/mol. The summed E-state index contributed by atoms with van der Waals surface area (Å²) in [5, 5.41) is 14.4. The molecule has 44 heavy (non-hydrogen) atoms. The maximum atomic E-state index is 13.8. The molecule has 240 valence electrons. The lowest BCUT2D eigenvalue weighted by atomic mass is 9.34. The lowest BCUT2D eigenvalue weighted by Crippen LogP contribution is -2.66. The van der Waals surface area contributed by atoms with Crippen molar-refractivity contribution in [2.24, 2.45) is 44.8 Å². The molecule has 5 fully saturated rings.